The number of hydrogen-bond acceptors (Lipinski definition) is 3. The van der Waals surface area contributed by atoms with Crippen molar-refractivity contribution in [3.8, 4) is 0 Å². The van der Waals surface area contributed by atoms with Crippen molar-refractivity contribution < 1.29 is 14.4 Å². The number of rotatable bonds is 3. The summed E-state index contributed by atoms with van der Waals surface area (Å²) in [5.41, 5.74) is 1.99. The number of imide groups is 1. The first-order valence-electron chi connectivity index (χ1n) is 6.57. The third-order valence-electron chi connectivity index (χ3n) is 3.30. The fraction of sp³-hybridized carbons (Fsp3) is 0.0625. The summed E-state index contributed by atoms with van der Waals surface area (Å²) < 4.78 is 0.950. The average Bonchev–Trinajstić information content (AvgIpc) is 2.76. The zero-order valence-electron chi connectivity index (χ0n) is 11.4. The number of halogens is 1. The quantitative estimate of drug-likeness (QED) is 0.827. The van der Waals surface area contributed by atoms with Crippen LogP contribution in [0.3, 0.4) is 0 Å². The van der Waals surface area contributed by atoms with E-state index in [2.05, 4.69) is 26.6 Å². The lowest BCUT2D eigenvalue weighted by Gasteiger charge is -2.06. The second kappa shape index (κ2) is 5.73. The summed E-state index contributed by atoms with van der Waals surface area (Å²) in [6.07, 6.45) is 0.232. The van der Waals surface area contributed by atoms with Gasteiger partial charge in [-0.1, -0.05) is 28.1 Å². The molecule has 0 aliphatic carbocycles. The van der Waals surface area contributed by atoms with E-state index in [0.717, 1.165) is 10.0 Å². The summed E-state index contributed by atoms with van der Waals surface area (Å²) >= 11 is 3.34. The molecule has 22 heavy (non-hydrogen) atoms. The molecule has 2 aromatic rings. The monoisotopic (exact) mass is 358 g/mol. The molecule has 0 unspecified atom stereocenters. The van der Waals surface area contributed by atoms with Crippen LogP contribution in [0, 0.1) is 0 Å². The number of hydrogen-bond donors (Lipinski definition) is 2. The SMILES string of the molecule is O=C(Cc1ccc(Br)cc1)Nc1ccc2c(c1)C(=O)NC2=O. The molecule has 3 rings (SSSR count). The Bertz CT molecular complexity index is 784. The van der Waals surface area contributed by atoms with Gasteiger partial charge in [-0.25, -0.2) is 0 Å². The second-order valence-corrected chi connectivity index (χ2v) is 5.81. The van der Waals surface area contributed by atoms with Crippen LogP contribution in [0.5, 0.6) is 0 Å². The molecular weight excluding hydrogens is 348 g/mol. The lowest BCUT2D eigenvalue weighted by molar-refractivity contribution is -0.115. The van der Waals surface area contributed by atoms with Crippen LogP contribution in [0.25, 0.3) is 0 Å². The average molecular weight is 359 g/mol. The molecule has 0 spiro atoms. The highest BCUT2D eigenvalue weighted by Crippen LogP contribution is 2.20. The highest BCUT2D eigenvalue weighted by atomic mass is 79.9. The molecule has 0 radical (unpaired) electrons. The molecule has 0 fully saturated rings. The van der Waals surface area contributed by atoms with Gasteiger partial charge in [0.25, 0.3) is 11.8 Å². The van der Waals surface area contributed by atoms with Crippen LogP contribution >= 0.6 is 15.9 Å². The number of anilines is 1. The van der Waals surface area contributed by atoms with Crippen LogP contribution in [0.4, 0.5) is 5.69 Å². The zero-order chi connectivity index (χ0) is 15.7. The van der Waals surface area contributed by atoms with Gasteiger partial charge in [-0.3, -0.25) is 19.7 Å². The topological polar surface area (TPSA) is 75.3 Å². The predicted octanol–water partition coefficient (Wildman–Crippen LogP) is 2.51. The number of carbonyl (C=O) groups excluding carboxylic acids is 3. The highest BCUT2D eigenvalue weighted by Gasteiger charge is 2.26. The van der Waals surface area contributed by atoms with Gasteiger partial charge in [0.15, 0.2) is 0 Å². The predicted molar refractivity (Wildman–Crippen MR) is 84.7 cm³/mol. The Morgan fingerprint density at radius 1 is 1.00 bits per heavy atom. The summed E-state index contributed by atoms with van der Waals surface area (Å²) in [6, 6.07) is 12.1. The van der Waals surface area contributed by atoms with Crippen LogP contribution in [-0.4, -0.2) is 17.7 Å². The van der Waals surface area contributed by atoms with E-state index in [1.807, 2.05) is 24.3 Å². The van der Waals surface area contributed by atoms with Crippen LogP contribution in [0.2, 0.25) is 0 Å². The van der Waals surface area contributed by atoms with E-state index in [9.17, 15) is 14.4 Å². The van der Waals surface area contributed by atoms with E-state index < -0.39 is 11.8 Å². The van der Waals surface area contributed by atoms with Gasteiger partial charge in [0, 0.05) is 10.2 Å². The Balaban J connectivity index is 1.72. The maximum absolute atomic E-state index is 12.0. The number of fused-ring (bicyclic) bond motifs is 1. The molecule has 2 aromatic carbocycles. The molecule has 2 N–H and O–H groups in total. The molecular formula is C16H11BrN2O3. The fourth-order valence-electron chi connectivity index (χ4n) is 2.24. The van der Waals surface area contributed by atoms with Gasteiger partial charge >= 0.3 is 0 Å². The van der Waals surface area contributed by atoms with E-state index >= 15 is 0 Å². The van der Waals surface area contributed by atoms with Crippen molar-refractivity contribution in [3.63, 3.8) is 0 Å². The lowest BCUT2D eigenvalue weighted by Crippen LogP contribution is -2.19. The van der Waals surface area contributed by atoms with E-state index in [1.165, 1.54) is 12.1 Å². The smallest absolute Gasteiger partial charge is 0.259 e. The fourth-order valence-corrected chi connectivity index (χ4v) is 2.50. The first kappa shape index (κ1) is 14.5. The number of carbonyl (C=O) groups is 3. The minimum atomic E-state index is -0.441. The summed E-state index contributed by atoms with van der Waals surface area (Å²) in [5.74, 6) is -1.04. The molecule has 110 valence electrons. The first-order chi connectivity index (χ1) is 10.5. The Hall–Kier alpha value is -2.47. The van der Waals surface area contributed by atoms with Crippen LogP contribution in [-0.2, 0) is 11.2 Å². The summed E-state index contributed by atoms with van der Waals surface area (Å²) in [6.45, 7) is 0. The first-order valence-corrected chi connectivity index (χ1v) is 7.36. The van der Waals surface area contributed by atoms with Gasteiger partial charge in [-0.2, -0.15) is 0 Å². The van der Waals surface area contributed by atoms with E-state index in [4.69, 9.17) is 0 Å². The maximum atomic E-state index is 12.0. The molecule has 0 saturated carbocycles. The molecule has 1 aliphatic heterocycles. The largest absolute Gasteiger partial charge is 0.326 e. The maximum Gasteiger partial charge on any atom is 0.259 e. The molecule has 5 nitrogen and oxygen atoms in total. The van der Waals surface area contributed by atoms with Crippen molar-refractivity contribution in [1.29, 1.82) is 0 Å². The standard InChI is InChI=1S/C16H11BrN2O3/c17-10-3-1-9(2-4-10)7-14(20)18-11-5-6-12-13(8-11)16(22)19-15(12)21/h1-6,8H,7H2,(H,18,20)(H,19,21,22). The van der Waals surface area contributed by atoms with Gasteiger partial charge in [0.05, 0.1) is 17.5 Å². The molecule has 0 aromatic heterocycles. The van der Waals surface area contributed by atoms with Crippen molar-refractivity contribution >= 4 is 39.3 Å². The van der Waals surface area contributed by atoms with Crippen molar-refractivity contribution in [3.05, 3.63) is 63.6 Å². The van der Waals surface area contributed by atoms with E-state index in [0.29, 0.717) is 11.3 Å². The lowest BCUT2D eigenvalue weighted by atomic mass is 10.1. The van der Waals surface area contributed by atoms with Crippen molar-refractivity contribution in [2.75, 3.05) is 5.32 Å². The van der Waals surface area contributed by atoms with Crippen LogP contribution in [0.15, 0.2) is 46.9 Å². The van der Waals surface area contributed by atoms with Crippen molar-refractivity contribution in [2.45, 2.75) is 6.42 Å². The zero-order valence-corrected chi connectivity index (χ0v) is 12.9. The Labute approximate surface area is 134 Å². The van der Waals surface area contributed by atoms with Gasteiger partial charge in [-0.15, -0.1) is 0 Å². The molecule has 3 amide bonds. The van der Waals surface area contributed by atoms with E-state index in [1.54, 1.807) is 6.07 Å². The van der Waals surface area contributed by atoms with Crippen LogP contribution in [0.1, 0.15) is 26.3 Å². The number of amides is 3. The Morgan fingerprint density at radius 2 is 1.68 bits per heavy atom. The summed E-state index contributed by atoms with van der Waals surface area (Å²) in [4.78, 5) is 35.1. The minimum Gasteiger partial charge on any atom is -0.326 e. The minimum absolute atomic E-state index is 0.188. The number of benzene rings is 2. The summed E-state index contributed by atoms with van der Waals surface area (Å²) in [5, 5.41) is 4.94. The van der Waals surface area contributed by atoms with Crippen molar-refractivity contribution in [2.24, 2.45) is 0 Å². The Kier molecular flexibility index (Phi) is 3.77. The molecule has 1 aliphatic rings. The molecule has 0 saturated heterocycles. The Morgan fingerprint density at radius 3 is 2.41 bits per heavy atom. The number of nitrogens with one attached hydrogen (secondary N) is 2. The normalized spacial score (nSPS) is 12.8. The third kappa shape index (κ3) is 2.92. The van der Waals surface area contributed by atoms with Gasteiger partial charge in [-0.05, 0) is 35.9 Å². The van der Waals surface area contributed by atoms with E-state index in [-0.39, 0.29) is 17.9 Å². The molecule has 0 bridgehead atoms. The van der Waals surface area contributed by atoms with Crippen molar-refractivity contribution in [1.82, 2.24) is 5.32 Å². The van der Waals surface area contributed by atoms with Crippen LogP contribution < -0.4 is 10.6 Å². The molecule has 6 heteroatoms. The van der Waals surface area contributed by atoms with Gasteiger partial charge < -0.3 is 5.32 Å². The van der Waals surface area contributed by atoms with Gasteiger partial charge in [0.2, 0.25) is 5.91 Å². The highest BCUT2D eigenvalue weighted by molar-refractivity contribution is 9.10. The van der Waals surface area contributed by atoms with Gasteiger partial charge in [0.1, 0.15) is 0 Å². The molecule has 1 heterocycles. The molecule has 0 atom stereocenters. The summed E-state index contributed by atoms with van der Waals surface area (Å²) in [7, 11) is 0. The third-order valence-corrected chi connectivity index (χ3v) is 3.83. The second-order valence-electron chi connectivity index (χ2n) is 4.90.